The van der Waals surface area contributed by atoms with Crippen molar-refractivity contribution >= 4 is 17.4 Å². The number of rotatable bonds is 2. The van der Waals surface area contributed by atoms with E-state index in [1.54, 1.807) is 18.2 Å². The van der Waals surface area contributed by atoms with Gasteiger partial charge >= 0.3 is 0 Å². The molecule has 2 aliphatic rings. The third-order valence-corrected chi connectivity index (χ3v) is 3.84. The van der Waals surface area contributed by atoms with Gasteiger partial charge < -0.3 is 15.4 Å². The Balaban J connectivity index is 1.87. The van der Waals surface area contributed by atoms with Crippen LogP contribution in [0.2, 0.25) is 0 Å². The molecule has 5 nitrogen and oxygen atoms in total. The fourth-order valence-corrected chi connectivity index (χ4v) is 2.56. The van der Waals surface area contributed by atoms with Gasteiger partial charge in [0.2, 0.25) is 5.91 Å². The highest BCUT2D eigenvalue weighted by molar-refractivity contribution is 6.03. The molecule has 1 amide bonds. The first-order valence-electron chi connectivity index (χ1n) is 7.00. The Morgan fingerprint density at radius 3 is 3.00 bits per heavy atom. The van der Waals surface area contributed by atoms with Gasteiger partial charge in [0, 0.05) is 5.56 Å². The Morgan fingerprint density at radius 1 is 1.40 bits per heavy atom. The van der Waals surface area contributed by atoms with E-state index >= 15 is 0 Å². The summed E-state index contributed by atoms with van der Waals surface area (Å²) in [6, 6.07) is 5.14. The zero-order chi connectivity index (χ0) is 14.1. The summed E-state index contributed by atoms with van der Waals surface area (Å²) in [5, 5.41) is 6.02. The molecule has 0 spiro atoms. The van der Waals surface area contributed by atoms with Gasteiger partial charge in [-0.05, 0) is 37.6 Å². The summed E-state index contributed by atoms with van der Waals surface area (Å²) < 4.78 is 5.58. The minimum absolute atomic E-state index is 0.0765. The van der Waals surface area contributed by atoms with Crippen LogP contribution in [0.5, 0.6) is 5.75 Å². The number of Topliss-reactive ketones (excluding diaryl/α,β-unsaturated/α-hetero) is 1. The van der Waals surface area contributed by atoms with Crippen molar-refractivity contribution in [2.45, 2.75) is 25.8 Å². The maximum absolute atomic E-state index is 12.3. The fourth-order valence-electron chi connectivity index (χ4n) is 2.56. The van der Waals surface area contributed by atoms with E-state index in [4.69, 9.17) is 4.74 Å². The van der Waals surface area contributed by atoms with E-state index in [1.165, 1.54) is 0 Å². The van der Waals surface area contributed by atoms with E-state index < -0.39 is 0 Å². The van der Waals surface area contributed by atoms with Gasteiger partial charge in [-0.2, -0.15) is 0 Å². The molecule has 20 heavy (non-hydrogen) atoms. The topological polar surface area (TPSA) is 67.4 Å². The van der Waals surface area contributed by atoms with Crippen LogP contribution in [0.15, 0.2) is 18.2 Å². The molecule has 0 aliphatic carbocycles. The molecule has 0 aromatic heterocycles. The smallest absolute Gasteiger partial charge is 0.230 e. The van der Waals surface area contributed by atoms with Gasteiger partial charge in [0.15, 0.2) is 5.78 Å². The molecule has 106 valence electrons. The van der Waals surface area contributed by atoms with Crippen LogP contribution in [0.4, 0.5) is 5.69 Å². The number of fused-ring (bicyclic) bond motifs is 1. The lowest BCUT2D eigenvalue weighted by molar-refractivity contribution is -0.119. The van der Waals surface area contributed by atoms with Gasteiger partial charge in [-0.1, -0.05) is 6.92 Å². The van der Waals surface area contributed by atoms with Crippen LogP contribution in [0.25, 0.3) is 0 Å². The normalized spacial score (nSPS) is 25.4. The molecule has 1 saturated heterocycles. The average molecular weight is 274 g/mol. The minimum Gasteiger partial charge on any atom is -0.491 e. The fraction of sp³-hybridized carbons (Fsp3) is 0.467. The number of carbonyl (C=O) groups is 2. The molecule has 3 rings (SSSR count). The van der Waals surface area contributed by atoms with E-state index in [0.717, 1.165) is 19.4 Å². The number of hydrogen-bond donors (Lipinski definition) is 2. The molecule has 1 aromatic rings. The Morgan fingerprint density at radius 2 is 2.25 bits per heavy atom. The number of hydrogen-bond acceptors (Lipinski definition) is 4. The number of nitrogens with one attached hydrogen (secondary N) is 2. The molecule has 0 bridgehead atoms. The molecular formula is C15H18N2O3. The molecule has 2 unspecified atom stereocenters. The second kappa shape index (κ2) is 5.25. The summed E-state index contributed by atoms with van der Waals surface area (Å²) >= 11 is 0. The highest BCUT2D eigenvalue weighted by Gasteiger charge is 2.26. The minimum atomic E-state index is -0.196. The van der Waals surface area contributed by atoms with Gasteiger partial charge in [0.1, 0.15) is 5.75 Å². The van der Waals surface area contributed by atoms with Crippen molar-refractivity contribution in [3.63, 3.8) is 0 Å². The van der Waals surface area contributed by atoms with Crippen molar-refractivity contribution in [2.24, 2.45) is 5.92 Å². The van der Waals surface area contributed by atoms with E-state index in [9.17, 15) is 9.59 Å². The first-order chi connectivity index (χ1) is 9.65. The number of benzene rings is 1. The highest BCUT2D eigenvalue weighted by atomic mass is 16.5. The molecular weight excluding hydrogens is 256 g/mol. The number of ether oxygens (including phenoxy) is 1. The molecule has 1 fully saturated rings. The lowest BCUT2D eigenvalue weighted by atomic mass is 10.0. The van der Waals surface area contributed by atoms with Gasteiger partial charge in [-0.3, -0.25) is 9.59 Å². The number of carbonyl (C=O) groups excluding carboxylic acids is 2. The molecule has 2 N–H and O–H groups in total. The standard InChI is InChI=1S/C15H18N2O3/c1-9-8-20-13-5-4-10(7-12(13)17-15(9)19)14(18)11-3-2-6-16-11/h4-5,7,9,11,16H,2-3,6,8H2,1H3,(H,17,19). The van der Waals surface area contributed by atoms with Crippen LogP contribution in [0.3, 0.4) is 0 Å². The number of anilines is 1. The molecule has 1 aromatic carbocycles. The van der Waals surface area contributed by atoms with Crippen LogP contribution >= 0.6 is 0 Å². The predicted molar refractivity (Wildman–Crippen MR) is 75.1 cm³/mol. The molecule has 0 saturated carbocycles. The maximum Gasteiger partial charge on any atom is 0.230 e. The summed E-state index contributed by atoms with van der Waals surface area (Å²) in [5.74, 6) is 0.431. The second-order valence-electron chi connectivity index (χ2n) is 5.43. The summed E-state index contributed by atoms with van der Waals surface area (Å²) in [7, 11) is 0. The van der Waals surface area contributed by atoms with Crippen LogP contribution in [-0.4, -0.2) is 30.9 Å². The highest BCUT2D eigenvalue weighted by Crippen LogP contribution is 2.30. The van der Waals surface area contributed by atoms with Crippen molar-refractivity contribution in [2.75, 3.05) is 18.5 Å². The molecule has 5 heteroatoms. The Hall–Kier alpha value is -1.88. The van der Waals surface area contributed by atoms with Gasteiger partial charge in [0.05, 0.1) is 24.3 Å². The van der Waals surface area contributed by atoms with E-state index in [-0.39, 0.29) is 23.7 Å². The first-order valence-corrected chi connectivity index (χ1v) is 7.00. The Labute approximate surface area is 117 Å². The third-order valence-electron chi connectivity index (χ3n) is 3.84. The van der Waals surface area contributed by atoms with Gasteiger partial charge in [-0.15, -0.1) is 0 Å². The number of ketones is 1. The largest absolute Gasteiger partial charge is 0.491 e. The summed E-state index contributed by atoms with van der Waals surface area (Å²) in [6.45, 7) is 3.06. The predicted octanol–water partition coefficient (Wildman–Crippen LogP) is 1.59. The molecule has 0 radical (unpaired) electrons. The number of amides is 1. The molecule has 2 atom stereocenters. The Kier molecular flexibility index (Phi) is 3.44. The zero-order valence-corrected chi connectivity index (χ0v) is 11.4. The van der Waals surface area contributed by atoms with Gasteiger partial charge in [-0.25, -0.2) is 0 Å². The summed E-state index contributed by atoms with van der Waals surface area (Å²) in [6.07, 6.45) is 1.90. The van der Waals surface area contributed by atoms with Crippen molar-refractivity contribution in [1.29, 1.82) is 0 Å². The summed E-state index contributed by atoms with van der Waals surface area (Å²) in [5.41, 5.74) is 1.20. The van der Waals surface area contributed by atoms with Crippen LogP contribution in [0.1, 0.15) is 30.1 Å². The van der Waals surface area contributed by atoms with Crippen LogP contribution < -0.4 is 15.4 Å². The van der Waals surface area contributed by atoms with Crippen molar-refractivity contribution in [1.82, 2.24) is 5.32 Å². The van der Waals surface area contributed by atoms with Gasteiger partial charge in [0.25, 0.3) is 0 Å². The quantitative estimate of drug-likeness (QED) is 0.804. The SMILES string of the molecule is CC1COc2ccc(C(=O)C3CCCN3)cc2NC1=O. The monoisotopic (exact) mass is 274 g/mol. The second-order valence-corrected chi connectivity index (χ2v) is 5.43. The maximum atomic E-state index is 12.3. The lowest BCUT2D eigenvalue weighted by Gasteiger charge is -2.12. The van der Waals surface area contributed by atoms with E-state index in [0.29, 0.717) is 23.6 Å². The summed E-state index contributed by atoms with van der Waals surface area (Å²) in [4.78, 5) is 24.2. The average Bonchev–Trinajstić information content (AvgIpc) is 2.94. The van der Waals surface area contributed by atoms with Crippen molar-refractivity contribution in [3.05, 3.63) is 23.8 Å². The third kappa shape index (κ3) is 2.41. The molecule has 2 aliphatic heterocycles. The van der Waals surface area contributed by atoms with Crippen LogP contribution in [-0.2, 0) is 4.79 Å². The Bertz CT molecular complexity index is 550. The van der Waals surface area contributed by atoms with Crippen LogP contribution in [0, 0.1) is 5.92 Å². The zero-order valence-electron chi connectivity index (χ0n) is 11.4. The lowest BCUT2D eigenvalue weighted by Crippen LogP contribution is -2.30. The first kappa shape index (κ1) is 13.1. The molecule has 2 heterocycles. The van der Waals surface area contributed by atoms with Crippen molar-refractivity contribution < 1.29 is 14.3 Å². The van der Waals surface area contributed by atoms with E-state index in [1.807, 2.05) is 6.92 Å². The van der Waals surface area contributed by atoms with E-state index in [2.05, 4.69) is 10.6 Å². The van der Waals surface area contributed by atoms with Crippen molar-refractivity contribution in [3.8, 4) is 5.75 Å².